The fourth-order valence-corrected chi connectivity index (χ4v) is 4.96. The van der Waals surface area contributed by atoms with Crippen LogP contribution in [0.25, 0.3) is 0 Å². The second-order valence-corrected chi connectivity index (χ2v) is 8.01. The van der Waals surface area contributed by atoms with Gasteiger partial charge in [-0.15, -0.1) is 0 Å². The van der Waals surface area contributed by atoms with Gasteiger partial charge in [0.15, 0.2) is 0 Å². The Hall–Kier alpha value is -1.02. The SMILES string of the molecule is COc1ccc([C@H](C)NC2C3(C)CCC(C3)C2(C)C)cc1. The van der Waals surface area contributed by atoms with Gasteiger partial charge >= 0.3 is 0 Å². The Kier molecular flexibility index (Phi) is 3.56. The number of nitrogens with one attached hydrogen (secondary N) is 1. The van der Waals surface area contributed by atoms with Crippen LogP contribution in [-0.4, -0.2) is 13.2 Å². The van der Waals surface area contributed by atoms with Gasteiger partial charge in [0.25, 0.3) is 0 Å². The van der Waals surface area contributed by atoms with Gasteiger partial charge in [-0.25, -0.2) is 0 Å². The number of rotatable bonds is 4. The molecule has 2 aliphatic carbocycles. The molecular formula is C19H29NO. The Morgan fingerprint density at radius 1 is 1.19 bits per heavy atom. The number of benzene rings is 1. The van der Waals surface area contributed by atoms with Crippen molar-refractivity contribution in [3.05, 3.63) is 29.8 Å². The zero-order chi connectivity index (χ0) is 15.3. The van der Waals surface area contributed by atoms with E-state index in [-0.39, 0.29) is 0 Å². The molecule has 21 heavy (non-hydrogen) atoms. The molecule has 0 aromatic heterocycles. The van der Waals surface area contributed by atoms with Crippen molar-refractivity contribution < 1.29 is 4.74 Å². The van der Waals surface area contributed by atoms with Gasteiger partial charge in [0, 0.05) is 12.1 Å². The molecule has 0 saturated heterocycles. The zero-order valence-electron chi connectivity index (χ0n) is 14.1. The molecule has 2 heteroatoms. The van der Waals surface area contributed by atoms with E-state index in [0.29, 0.717) is 22.9 Å². The molecule has 2 aliphatic rings. The van der Waals surface area contributed by atoms with Crippen LogP contribution >= 0.6 is 0 Å². The van der Waals surface area contributed by atoms with E-state index in [1.807, 2.05) is 0 Å². The predicted molar refractivity (Wildman–Crippen MR) is 87.6 cm³/mol. The number of hydrogen-bond donors (Lipinski definition) is 1. The molecule has 0 amide bonds. The first-order valence-electron chi connectivity index (χ1n) is 8.27. The molecule has 3 unspecified atom stereocenters. The summed E-state index contributed by atoms with van der Waals surface area (Å²) in [5.74, 6) is 1.82. The minimum Gasteiger partial charge on any atom is -0.497 e. The quantitative estimate of drug-likeness (QED) is 0.876. The lowest BCUT2D eigenvalue weighted by Crippen LogP contribution is -2.50. The smallest absolute Gasteiger partial charge is 0.118 e. The Bertz CT molecular complexity index is 502. The first-order chi connectivity index (χ1) is 9.87. The van der Waals surface area contributed by atoms with E-state index in [1.54, 1.807) is 7.11 Å². The molecule has 0 heterocycles. The summed E-state index contributed by atoms with van der Waals surface area (Å²) < 4.78 is 5.25. The topological polar surface area (TPSA) is 21.3 Å². The van der Waals surface area contributed by atoms with Crippen LogP contribution in [-0.2, 0) is 0 Å². The summed E-state index contributed by atoms with van der Waals surface area (Å²) in [4.78, 5) is 0. The minimum atomic E-state index is 0.386. The van der Waals surface area contributed by atoms with Gasteiger partial charge in [-0.1, -0.05) is 32.9 Å². The maximum atomic E-state index is 5.25. The molecule has 0 spiro atoms. The Morgan fingerprint density at radius 3 is 2.38 bits per heavy atom. The van der Waals surface area contributed by atoms with Crippen LogP contribution < -0.4 is 10.1 Å². The Balaban J connectivity index is 1.76. The second kappa shape index (κ2) is 5.01. The molecule has 4 atom stereocenters. The third-order valence-corrected chi connectivity index (χ3v) is 6.30. The molecule has 2 saturated carbocycles. The first-order valence-corrected chi connectivity index (χ1v) is 8.27. The maximum Gasteiger partial charge on any atom is 0.118 e. The van der Waals surface area contributed by atoms with Crippen molar-refractivity contribution in [3.63, 3.8) is 0 Å². The average Bonchev–Trinajstić information content (AvgIpc) is 2.94. The fourth-order valence-electron chi connectivity index (χ4n) is 4.96. The van der Waals surface area contributed by atoms with E-state index >= 15 is 0 Å². The molecule has 0 aliphatic heterocycles. The van der Waals surface area contributed by atoms with Crippen molar-refractivity contribution in [2.45, 2.75) is 59.0 Å². The average molecular weight is 287 g/mol. The van der Waals surface area contributed by atoms with Gasteiger partial charge in [0.2, 0.25) is 0 Å². The lowest BCUT2D eigenvalue weighted by atomic mass is 9.68. The second-order valence-electron chi connectivity index (χ2n) is 8.01. The predicted octanol–water partition coefficient (Wildman–Crippen LogP) is 4.56. The number of hydrogen-bond acceptors (Lipinski definition) is 2. The summed E-state index contributed by atoms with van der Waals surface area (Å²) in [5.41, 5.74) is 2.24. The van der Waals surface area contributed by atoms with Crippen LogP contribution in [0.3, 0.4) is 0 Å². The molecule has 2 nitrogen and oxygen atoms in total. The van der Waals surface area contributed by atoms with Crippen molar-refractivity contribution in [1.82, 2.24) is 5.32 Å². The third-order valence-electron chi connectivity index (χ3n) is 6.30. The van der Waals surface area contributed by atoms with Crippen LogP contribution in [0, 0.1) is 16.7 Å². The third kappa shape index (κ3) is 2.38. The lowest BCUT2D eigenvalue weighted by molar-refractivity contribution is 0.100. The highest BCUT2D eigenvalue weighted by molar-refractivity contribution is 5.29. The first kappa shape index (κ1) is 14.9. The van der Waals surface area contributed by atoms with Crippen LogP contribution in [0.4, 0.5) is 0 Å². The van der Waals surface area contributed by atoms with Gasteiger partial charge in [-0.3, -0.25) is 0 Å². The van der Waals surface area contributed by atoms with Crippen molar-refractivity contribution in [2.75, 3.05) is 7.11 Å². The molecule has 0 radical (unpaired) electrons. The van der Waals surface area contributed by atoms with E-state index in [9.17, 15) is 0 Å². The standard InChI is InChI=1S/C19H29NO/c1-13(14-6-8-16(21-5)9-7-14)20-17-18(2,3)15-10-11-19(17,4)12-15/h6-9,13,15,17,20H,10-12H2,1-5H3/t13-,15?,17?,19?/m0/s1. The fraction of sp³-hybridized carbons (Fsp3) is 0.684. The monoisotopic (exact) mass is 287 g/mol. The van der Waals surface area contributed by atoms with Crippen molar-refractivity contribution in [3.8, 4) is 5.75 Å². The highest BCUT2D eigenvalue weighted by atomic mass is 16.5. The number of fused-ring (bicyclic) bond motifs is 2. The van der Waals surface area contributed by atoms with Crippen molar-refractivity contribution in [1.29, 1.82) is 0 Å². The molecule has 116 valence electrons. The summed E-state index contributed by atoms with van der Waals surface area (Å²) in [5, 5.41) is 3.95. The van der Waals surface area contributed by atoms with E-state index in [4.69, 9.17) is 4.74 Å². The highest BCUT2D eigenvalue weighted by Gasteiger charge is 2.59. The van der Waals surface area contributed by atoms with Gasteiger partial charge in [-0.2, -0.15) is 0 Å². The zero-order valence-corrected chi connectivity index (χ0v) is 14.1. The van der Waals surface area contributed by atoms with Crippen LogP contribution in [0.15, 0.2) is 24.3 Å². The van der Waals surface area contributed by atoms with Crippen LogP contribution in [0.2, 0.25) is 0 Å². The van der Waals surface area contributed by atoms with E-state index in [1.165, 1.54) is 24.8 Å². The molecule has 1 N–H and O–H groups in total. The highest BCUT2D eigenvalue weighted by Crippen LogP contribution is 2.62. The summed E-state index contributed by atoms with van der Waals surface area (Å²) in [6.07, 6.45) is 4.19. The molecule has 1 aromatic carbocycles. The minimum absolute atomic E-state index is 0.386. The molecule has 3 rings (SSSR count). The lowest BCUT2D eigenvalue weighted by Gasteiger charge is -2.44. The summed E-state index contributed by atoms with van der Waals surface area (Å²) >= 11 is 0. The van der Waals surface area contributed by atoms with Gasteiger partial charge in [-0.05, 0) is 60.6 Å². The van der Waals surface area contributed by atoms with Gasteiger partial charge in [0.1, 0.15) is 5.75 Å². The normalized spacial score (nSPS) is 34.9. The molecule has 1 aromatic rings. The van der Waals surface area contributed by atoms with E-state index in [0.717, 1.165) is 11.7 Å². The van der Waals surface area contributed by atoms with Gasteiger partial charge in [0.05, 0.1) is 7.11 Å². The Morgan fingerprint density at radius 2 is 1.86 bits per heavy atom. The van der Waals surface area contributed by atoms with Crippen LogP contribution in [0.5, 0.6) is 5.75 Å². The number of methoxy groups -OCH3 is 1. The number of ether oxygens (including phenoxy) is 1. The maximum absolute atomic E-state index is 5.25. The van der Waals surface area contributed by atoms with Crippen molar-refractivity contribution in [2.24, 2.45) is 16.7 Å². The molecule has 2 fully saturated rings. The van der Waals surface area contributed by atoms with Crippen molar-refractivity contribution >= 4 is 0 Å². The summed E-state index contributed by atoms with van der Waals surface area (Å²) in [7, 11) is 1.72. The summed E-state index contributed by atoms with van der Waals surface area (Å²) in [6.45, 7) is 9.69. The van der Waals surface area contributed by atoms with E-state index < -0.39 is 0 Å². The van der Waals surface area contributed by atoms with Gasteiger partial charge < -0.3 is 10.1 Å². The summed E-state index contributed by atoms with van der Waals surface area (Å²) in [6, 6.07) is 9.47. The van der Waals surface area contributed by atoms with E-state index in [2.05, 4.69) is 57.3 Å². The van der Waals surface area contributed by atoms with Crippen LogP contribution in [0.1, 0.15) is 58.6 Å². The largest absolute Gasteiger partial charge is 0.497 e. The molecular weight excluding hydrogens is 258 g/mol. The Labute approximate surface area is 129 Å². The molecule has 2 bridgehead atoms.